The van der Waals surface area contributed by atoms with Gasteiger partial charge < -0.3 is 5.32 Å². The molecule has 1 nitrogen and oxygen atoms in total. The molecule has 1 N–H and O–H groups in total. The van der Waals surface area contributed by atoms with Crippen LogP contribution in [0.3, 0.4) is 0 Å². The Labute approximate surface area is 142 Å². The summed E-state index contributed by atoms with van der Waals surface area (Å²) in [4.78, 5) is 1.37. The molecule has 20 heavy (non-hydrogen) atoms. The Balaban J connectivity index is 2.30. The molecule has 0 bridgehead atoms. The van der Waals surface area contributed by atoms with Gasteiger partial charge in [0.05, 0.1) is 3.79 Å². The normalized spacial score (nSPS) is 12.7. The molecule has 2 aromatic rings. The third-order valence-corrected chi connectivity index (χ3v) is 6.88. The fourth-order valence-electron chi connectivity index (χ4n) is 2.43. The van der Waals surface area contributed by atoms with E-state index in [0.717, 1.165) is 21.2 Å². The highest BCUT2D eigenvalue weighted by Gasteiger charge is 2.17. The molecule has 1 aromatic heterocycles. The Kier molecular flexibility index (Phi) is 5.84. The summed E-state index contributed by atoms with van der Waals surface area (Å²) in [5, 5.41) is 3.61. The Bertz CT molecular complexity index is 552. The number of nitrogens with one attached hydrogen (secondary N) is 1. The van der Waals surface area contributed by atoms with Crippen LogP contribution < -0.4 is 5.32 Å². The monoisotopic (exact) mass is 415 g/mol. The Morgan fingerprint density at radius 3 is 2.35 bits per heavy atom. The molecule has 0 saturated heterocycles. The van der Waals surface area contributed by atoms with Crippen LogP contribution in [-0.4, -0.2) is 6.54 Å². The van der Waals surface area contributed by atoms with Crippen molar-refractivity contribution < 1.29 is 0 Å². The lowest BCUT2D eigenvalue weighted by molar-refractivity contribution is 0.556. The van der Waals surface area contributed by atoms with Gasteiger partial charge in [-0.1, -0.05) is 25.1 Å². The Morgan fingerprint density at radius 2 is 1.85 bits per heavy atom. The number of hydrogen-bond donors (Lipinski definition) is 1. The number of thiophene rings is 1. The van der Waals surface area contributed by atoms with Crippen molar-refractivity contribution in [1.82, 2.24) is 5.32 Å². The predicted molar refractivity (Wildman–Crippen MR) is 95.8 cm³/mol. The van der Waals surface area contributed by atoms with Crippen LogP contribution in [0.5, 0.6) is 0 Å². The molecule has 4 heteroatoms. The lowest BCUT2D eigenvalue weighted by Crippen LogP contribution is -2.22. The molecule has 0 amide bonds. The highest BCUT2D eigenvalue weighted by Crippen LogP contribution is 2.37. The zero-order valence-electron chi connectivity index (χ0n) is 12.0. The van der Waals surface area contributed by atoms with Crippen molar-refractivity contribution >= 4 is 43.2 Å². The van der Waals surface area contributed by atoms with Crippen molar-refractivity contribution in [3.63, 3.8) is 0 Å². The standard InChI is InChI=1S/C16H19Br2NS/c1-4-19-14(15-9-13(17)16(18)20-15)8-12-10(2)6-5-7-11(12)3/h5-7,9,14,19H,4,8H2,1-3H3. The molecule has 0 saturated carbocycles. The van der Waals surface area contributed by atoms with Gasteiger partial charge in [0.25, 0.3) is 0 Å². The maximum Gasteiger partial charge on any atom is 0.0843 e. The molecule has 0 aliphatic rings. The molecule has 1 heterocycles. The fourth-order valence-corrected chi connectivity index (χ4v) is 4.60. The van der Waals surface area contributed by atoms with E-state index in [0.29, 0.717) is 6.04 Å². The minimum absolute atomic E-state index is 0.368. The van der Waals surface area contributed by atoms with Gasteiger partial charge in [-0.05, 0) is 81.4 Å². The van der Waals surface area contributed by atoms with Gasteiger partial charge in [0.1, 0.15) is 0 Å². The summed E-state index contributed by atoms with van der Waals surface area (Å²) in [6.07, 6.45) is 1.03. The summed E-state index contributed by atoms with van der Waals surface area (Å²) in [7, 11) is 0. The van der Waals surface area contributed by atoms with Gasteiger partial charge in [-0.25, -0.2) is 0 Å². The molecule has 1 aromatic carbocycles. The maximum absolute atomic E-state index is 3.61. The SMILES string of the molecule is CCNC(Cc1c(C)cccc1C)c1cc(Br)c(Br)s1. The summed E-state index contributed by atoms with van der Waals surface area (Å²) >= 11 is 8.98. The van der Waals surface area contributed by atoms with Crippen molar-refractivity contribution in [1.29, 1.82) is 0 Å². The van der Waals surface area contributed by atoms with E-state index in [-0.39, 0.29) is 0 Å². The average Bonchev–Trinajstić information content (AvgIpc) is 2.73. The largest absolute Gasteiger partial charge is 0.309 e. The van der Waals surface area contributed by atoms with Crippen LogP contribution in [-0.2, 0) is 6.42 Å². The van der Waals surface area contributed by atoms with Crippen molar-refractivity contribution in [3.8, 4) is 0 Å². The van der Waals surface area contributed by atoms with Crippen LogP contribution >= 0.6 is 43.2 Å². The quantitative estimate of drug-likeness (QED) is 0.650. The van der Waals surface area contributed by atoms with E-state index < -0.39 is 0 Å². The number of halogens is 2. The highest BCUT2D eigenvalue weighted by atomic mass is 79.9. The predicted octanol–water partition coefficient (Wildman–Crippen LogP) is 5.78. The lowest BCUT2D eigenvalue weighted by Gasteiger charge is -2.19. The summed E-state index contributed by atoms with van der Waals surface area (Å²) in [6.45, 7) is 7.54. The molecule has 0 aliphatic carbocycles. The molecule has 2 rings (SSSR count). The molecule has 0 spiro atoms. The van der Waals surface area contributed by atoms with Crippen molar-refractivity contribution in [2.24, 2.45) is 0 Å². The van der Waals surface area contributed by atoms with Crippen LogP contribution in [0, 0.1) is 13.8 Å². The maximum atomic E-state index is 3.61. The fraction of sp³-hybridized carbons (Fsp3) is 0.375. The van der Waals surface area contributed by atoms with Gasteiger partial charge in [0.15, 0.2) is 0 Å². The van der Waals surface area contributed by atoms with Crippen LogP contribution in [0.15, 0.2) is 32.5 Å². The van der Waals surface area contributed by atoms with E-state index in [9.17, 15) is 0 Å². The lowest BCUT2D eigenvalue weighted by atomic mass is 9.96. The minimum Gasteiger partial charge on any atom is -0.309 e. The van der Waals surface area contributed by atoms with E-state index in [2.05, 4.69) is 82.2 Å². The second kappa shape index (κ2) is 7.21. The first-order chi connectivity index (χ1) is 9.52. The number of aryl methyl sites for hydroxylation is 2. The van der Waals surface area contributed by atoms with Crippen LogP contribution in [0.4, 0.5) is 0 Å². The van der Waals surface area contributed by atoms with Crippen LogP contribution in [0.1, 0.15) is 34.5 Å². The van der Waals surface area contributed by atoms with E-state index >= 15 is 0 Å². The topological polar surface area (TPSA) is 12.0 Å². The number of likely N-dealkylation sites (N-methyl/N-ethyl adjacent to an activating group) is 1. The number of rotatable bonds is 5. The van der Waals surface area contributed by atoms with E-state index in [1.807, 2.05) is 0 Å². The molecular formula is C16H19Br2NS. The Morgan fingerprint density at radius 1 is 1.20 bits per heavy atom. The van der Waals surface area contributed by atoms with Gasteiger partial charge in [-0.15, -0.1) is 11.3 Å². The van der Waals surface area contributed by atoms with Gasteiger partial charge in [-0.3, -0.25) is 0 Å². The van der Waals surface area contributed by atoms with Crippen LogP contribution in [0.25, 0.3) is 0 Å². The minimum atomic E-state index is 0.368. The highest BCUT2D eigenvalue weighted by molar-refractivity contribution is 9.13. The van der Waals surface area contributed by atoms with Gasteiger partial charge in [0.2, 0.25) is 0 Å². The summed E-state index contributed by atoms with van der Waals surface area (Å²) in [5.41, 5.74) is 4.21. The second-order valence-corrected chi connectivity index (χ2v) is 8.21. The summed E-state index contributed by atoms with van der Waals surface area (Å²) < 4.78 is 2.30. The molecular weight excluding hydrogens is 398 g/mol. The second-order valence-electron chi connectivity index (χ2n) is 4.96. The first kappa shape index (κ1) is 16.2. The number of benzene rings is 1. The molecule has 1 atom stereocenters. The molecule has 0 aliphatic heterocycles. The van der Waals surface area contributed by atoms with E-state index in [1.54, 1.807) is 11.3 Å². The van der Waals surface area contributed by atoms with Crippen molar-refractivity contribution in [3.05, 3.63) is 54.1 Å². The summed E-state index contributed by atoms with van der Waals surface area (Å²) in [5.74, 6) is 0. The first-order valence-corrected chi connectivity index (χ1v) is 9.16. The third kappa shape index (κ3) is 3.73. The number of hydrogen-bond acceptors (Lipinski definition) is 2. The van der Waals surface area contributed by atoms with E-state index in [1.165, 1.54) is 21.6 Å². The zero-order valence-corrected chi connectivity index (χ0v) is 16.0. The van der Waals surface area contributed by atoms with E-state index in [4.69, 9.17) is 0 Å². The van der Waals surface area contributed by atoms with Crippen molar-refractivity contribution in [2.45, 2.75) is 33.2 Å². The first-order valence-electron chi connectivity index (χ1n) is 6.76. The smallest absolute Gasteiger partial charge is 0.0843 e. The summed E-state index contributed by atoms with van der Waals surface area (Å²) in [6, 6.07) is 9.12. The zero-order chi connectivity index (χ0) is 14.7. The van der Waals surface area contributed by atoms with Crippen LogP contribution in [0.2, 0.25) is 0 Å². The van der Waals surface area contributed by atoms with Crippen molar-refractivity contribution in [2.75, 3.05) is 6.54 Å². The molecule has 1 unspecified atom stereocenters. The van der Waals surface area contributed by atoms with Gasteiger partial charge in [0, 0.05) is 15.4 Å². The third-order valence-electron chi connectivity index (χ3n) is 3.51. The molecule has 108 valence electrons. The Hall–Kier alpha value is -0.160. The average molecular weight is 417 g/mol. The van der Waals surface area contributed by atoms with Gasteiger partial charge >= 0.3 is 0 Å². The molecule has 0 fully saturated rings. The van der Waals surface area contributed by atoms with Gasteiger partial charge in [-0.2, -0.15) is 0 Å². The molecule has 0 radical (unpaired) electrons.